The summed E-state index contributed by atoms with van der Waals surface area (Å²) in [5.74, 6) is 0.250. The van der Waals surface area contributed by atoms with E-state index < -0.39 is 5.92 Å². The van der Waals surface area contributed by atoms with Crippen LogP contribution >= 0.6 is 31.9 Å². The van der Waals surface area contributed by atoms with Crippen molar-refractivity contribution in [1.82, 2.24) is 4.98 Å². The molecule has 35 heavy (non-hydrogen) atoms. The minimum absolute atomic E-state index is 0.0749. The van der Waals surface area contributed by atoms with Gasteiger partial charge in [-0.2, -0.15) is 5.26 Å². The van der Waals surface area contributed by atoms with Gasteiger partial charge in [0.1, 0.15) is 23.3 Å². The highest BCUT2D eigenvalue weighted by Crippen LogP contribution is 2.55. The van der Waals surface area contributed by atoms with Crippen LogP contribution in [0.15, 0.2) is 68.7 Å². The minimum Gasteiger partial charge on any atom is -0.397 e. The summed E-state index contributed by atoms with van der Waals surface area (Å²) >= 11 is 7.01. The van der Waals surface area contributed by atoms with Gasteiger partial charge in [0.05, 0.1) is 5.69 Å². The van der Waals surface area contributed by atoms with Gasteiger partial charge in [-0.3, -0.25) is 9.69 Å². The van der Waals surface area contributed by atoms with Crippen LogP contribution in [0.4, 0.5) is 23.0 Å². The van der Waals surface area contributed by atoms with Crippen molar-refractivity contribution >= 4 is 60.7 Å². The van der Waals surface area contributed by atoms with Crippen LogP contribution in [-0.2, 0) is 4.79 Å². The average molecular weight is 593 g/mol. The fourth-order valence-corrected chi connectivity index (χ4v) is 5.68. The van der Waals surface area contributed by atoms with Gasteiger partial charge in [0.15, 0.2) is 5.78 Å². The maximum atomic E-state index is 13.8. The second kappa shape index (κ2) is 8.51. The fourth-order valence-electron chi connectivity index (χ4n) is 5.15. The van der Waals surface area contributed by atoms with Crippen LogP contribution in [0.5, 0.6) is 0 Å². The molecule has 3 aromatic rings. The number of carbonyl (C=O) groups is 1. The van der Waals surface area contributed by atoms with E-state index in [1.165, 1.54) is 0 Å². The Bertz CT molecular complexity index is 1440. The molecule has 6 nitrogen and oxygen atoms in total. The molecule has 2 heterocycles. The van der Waals surface area contributed by atoms with Crippen LogP contribution in [0.2, 0.25) is 0 Å². The number of nitrogen functional groups attached to an aromatic ring is 2. The number of Topliss-reactive ketones (excluding diaryl/α,β-unsaturated/α-hetero) is 1. The predicted molar refractivity (Wildman–Crippen MR) is 145 cm³/mol. The molecule has 0 bridgehead atoms. The molecule has 0 fully saturated rings. The molecule has 0 saturated carbocycles. The molecule has 1 aromatic heterocycles. The summed E-state index contributed by atoms with van der Waals surface area (Å²) in [4.78, 5) is 20.5. The van der Waals surface area contributed by atoms with Gasteiger partial charge < -0.3 is 11.5 Å². The molecule has 1 unspecified atom stereocenters. The predicted octanol–water partition coefficient (Wildman–Crippen LogP) is 6.57. The van der Waals surface area contributed by atoms with E-state index in [2.05, 4.69) is 51.8 Å². The Kier molecular flexibility index (Phi) is 5.73. The number of hydrogen-bond donors (Lipinski definition) is 2. The Morgan fingerprint density at radius 3 is 2.23 bits per heavy atom. The Morgan fingerprint density at radius 1 is 1.03 bits per heavy atom. The number of fused-ring (bicyclic) bond motifs is 1. The Labute approximate surface area is 220 Å². The number of benzene rings is 2. The van der Waals surface area contributed by atoms with Crippen LogP contribution in [-0.4, -0.2) is 10.8 Å². The van der Waals surface area contributed by atoms with Gasteiger partial charge >= 0.3 is 0 Å². The maximum Gasteiger partial charge on any atom is 0.162 e. The van der Waals surface area contributed by atoms with Gasteiger partial charge in [0.25, 0.3) is 0 Å². The summed E-state index contributed by atoms with van der Waals surface area (Å²) in [6.07, 6.45) is 1.11. The fraction of sp³-hybridized carbons (Fsp3) is 0.222. The summed E-state index contributed by atoms with van der Waals surface area (Å²) in [7, 11) is 0. The molecule has 2 aromatic carbocycles. The molecule has 4 N–H and O–H groups in total. The van der Waals surface area contributed by atoms with Crippen molar-refractivity contribution in [1.29, 1.82) is 5.26 Å². The average Bonchev–Trinajstić information content (AvgIpc) is 2.79. The smallest absolute Gasteiger partial charge is 0.162 e. The Balaban J connectivity index is 1.90. The van der Waals surface area contributed by atoms with E-state index in [1.807, 2.05) is 53.4 Å². The number of halogens is 2. The number of nitriles is 1. The quantitative estimate of drug-likeness (QED) is 0.348. The third kappa shape index (κ3) is 3.93. The number of nitrogens with two attached hydrogens (primary N) is 2. The second-order valence-electron chi connectivity index (χ2n) is 9.73. The highest BCUT2D eigenvalue weighted by atomic mass is 79.9. The van der Waals surface area contributed by atoms with Gasteiger partial charge in [-0.1, -0.05) is 57.8 Å². The molecule has 0 spiro atoms. The summed E-state index contributed by atoms with van der Waals surface area (Å²) in [5.41, 5.74) is 17.0. The van der Waals surface area contributed by atoms with Crippen LogP contribution in [0.25, 0.3) is 0 Å². The molecule has 2 aliphatic rings. The van der Waals surface area contributed by atoms with Gasteiger partial charge in [0, 0.05) is 43.8 Å². The van der Waals surface area contributed by atoms with Crippen molar-refractivity contribution in [3.05, 3.63) is 85.4 Å². The number of aromatic nitrogens is 1. The number of ketones is 1. The number of allylic oxidation sites excluding steroid dienone is 2. The number of carbonyl (C=O) groups excluding carboxylic acids is 1. The molecule has 8 heteroatoms. The monoisotopic (exact) mass is 591 g/mol. The van der Waals surface area contributed by atoms with Crippen LogP contribution in [0, 0.1) is 16.7 Å². The van der Waals surface area contributed by atoms with E-state index in [0.717, 1.165) is 25.9 Å². The molecule has 0 saturated heterocycles. The number of hydrogen-bond acceptors (Lipinski definition) is 6. The van der Waals surface area contributed by atoms with E-state index in [9.17, 15) is 10.1 Å². The summed E-state index contributed by atoms with van der Waals surface area (Å²) in [6.45, 7) is 4.21. The molecule has 0 amide bonds. The lowest BCUT2D eigenvalue weighted by Gasteiger charge is -2.44. The largest absolute Gasteiger partial charge is 0.397 e. The zero-order valence-corrected chi connectivity index (χ0v) is 22.4. The first-order valence-electron chi connectivity index (χ1n) is 11.2. The number of anilines is 4. The van der Waals surface area contributed by atoms with E-state index in [0.29, 0.717) is 29.8 Å². The van der Waals surface area contributed by atoms with Crippen molar-refractivity contribution in [3.63, 3.8) is 0 Å². The SMILES string of the molecule is CC1(C)CC(=O)C2=C(C1)N(c1ccc(Br)cc1)c1nc(N)c(C#N)c(N)c1C2c1ccc(Br)cc1. The van der Waals surface area contributed by atoms with Crippen LogP contribution < -0.4 is 16.4 Å². The summed E-state index contributed by atoms with van der Waals surface area (Å²) in [5, 5.41) is 9.81. The topological polar surface area (TPSA) is 109 Å². The number of rotatable bonds is 2. The van der Waals surface area contributed by atoms with Crippen molar-refractivity contribution in [2.75, 3.05) is 16.4 Å². The van der Waals surface area contributed by atoms with Crippen molar-refractivity contribution in [2.45, 2.75) is 32.6 Å². The van der Waals surface area contributed by atoms with Gasteiger partial charge in [-0.15, -0.1) is 0 Å². The van der Waals surface area contributed by atoms with E-state index >= 15 is 0 Å². The van der Waals surface area contributed by atoms with Crippen LogP contribution in [0.1, 0.15) is 49.3 Å². The molecule has 1 atom stereocenters. The van der Waals surface area contributed by atoms with Crippen molar-refractivity contribution in [2.24, 2.45) is 5.41 Å². The van der Waals surface area contributed by atoms with Crippen molar-refractivity contribution < 1.29 is 4.79 Å². The zero-order valence-electron chi connectivity index (χ0n) is 19.3. The first-order valence-corrected chi connectivity index (χ1v) is 12.8. The number of pyridine rings is 1. The van der Waals surface area contributed by atoms with Crippen LogP contribution in [0.3, 0.4) is 0 Å². The molecule has 0 radical (unpaired) electrons. The zero-order chi connectivity index (χ0) is 25.1. The first kappa shape index (κ1) is 23.6. The third-order valence-electron chi connectivity index (χ3n) is 6.64. The molecular formula is C27H23Br2N5O. The standard InChI is InChI=1S/C27H23Br2N5O/c1-27(2)11-19-22(20(35)12-27)21(14-3-5-15(28)6-4-14)23-24(31)18(13-30)25(32)33-26(23)34(19)17-9-7-16(29)8-10-17/h3-10,21H,11-12H2,1-2H3,(H4,31,32,33). The van der Waals surface area contributed by atoms with Crippen molar-refractivity contribution in [3.8, 4) is 6.07 Å². The lowest BCUT2D eigenvalue weighted by molar-refractivity contribution is -0.118. The minimum atomic E-state index is -0.455. The maximum absolute atomic E-state index is 13.8. The molecule has 1 aliphatic carbocycles. The molecule has 1 aliphatic heterocycles. The van der Waals surface area contributed by atoms with E-state index in [-0.39, 0.29) is 28.3 Å². The summed E-state index contributed by atoms with van der Waals surface area (Å²) < 4.78 is 1.87. The van der Waals surface area contributed by atoms with E-state index in [4.69, 9.17) is 16.5 Å². The molecule has 5 rings (SSSR count). The molecular weight excluding hydrogens is 570 g/mol. The van der Waals surface area contributed by atoms with Gasteiger partial charge in [0.2, 0.25) is 0 Å². The highest BCUT2D eigenvalue weighted by Gasteiger charge is 2.45. The van der Waals surface area contributed by atoms with E-state index in [1.54, 1.807) is 0 Å². The van der Waals surface area contributed by atoms with Gasteiger partial charge in [-0.05, 0) is 53.8 Å². The second-order valence-corrected chi connectivity index (χ2v) is 11.6. The first-order chi connectivity index (χ1) is 16.6. The Hall–Kier alpha value is -3.15. The van der Waals surface area contributed by atoms with Gasteiger partial charge in [-0.25, -0.2) is 4.98 Å². The normalized spacial score (nSPS) is 18.7. The number of nitrogens with zero attached hydrogens (tertiary/aromatic N) is 3. The lowest BCUT2D eigenvalue weighted by atomic mass is 9.68. The lowest BCUT2D eigenvalue weighted by Crippen LogP contribution is -2.38. The Morgan fingerprint density at radius 2 is 1.63 bits per heavy atom. The highest BCUT2D eigenvalue weighted by molar-refractivity contribution is 9.10. The molecule has 176 valence electrons. The third-order valence-corrected chi connectivity index (χ3v) is 7.70. The summed E-state index contributed by atoms with van der Waals surface area (Å²) in [6, 6.07) is 17.8.